The third kappa shape index (κ3) is 2.86. The zero-order valence-corrected chi connectivity index (χ0v) is 9.52. The van der Waals surface area contributed by atoms with E-state index in [1.165, 1.54) is 6.33 Å². The van der Waals surface area contributed by atoms with Crippen molar-refractivity contribution < 1.29 is 9.90 Å². The fourth-order valence-electron chi connectivity index (χ4n) is 1.53. The number of aromatic nitrogens is 3. The zero-order valence-electron chi connectivity index (χ0n) is 9.52. The quantitative estimate of drug-likeness (QED) is 0.811. The number of hydrogen-bond donors (Lipinski definition) is 2. The van der Waals surface area contributed by atoms with Crippen LogP contribution in [0.25, 0.3) is 11.3 Å². The van der Waals surface area contributed by atoms with Crippen molar-refractivity contribution in [3.8, 4) is 11.3 Å². The van der Waals surface area contributed by atoms with E-state index in [9.17, 15) is 4.79 Å². The van der Waals surface area contributed by atoms with Crippen LogP contribution in [0.15, 0.2) is 36.8 Å². The van der Waals surface area contributed by atoms with Gasteiger partial charge >= 0.3 is 5.97 Å². The van der Waals surface area contributed by atoms with Crippen LogP contribution in [0.5, 0.6) is 0 Å². The highest BCUT2D eigenvalue weighted by Crippen LogP contribution is 2.16. The Morgan fingerprint density at radius 2 is 2.06 bits per heavy atom. The van der Waals surface area contributed by atoms with Gasteiger partial charge in [-0.3, -0.25) is 4.79 Å². The third-order valence-electron chi connectivity index (χ3n) is 2.50. The molecule has 3 N–H and O–H groups in total. The molecule has 0 aliphatic carbocycles. The Balaban J connectivity index is 2.13. The summed E-state index contributed by atoms with van der Waals surface area (Å²) in [6.07, 6.45) is 3.28. The van der Waals surface area contributed by atoms with Gasteiger partial charge in [0, 0.05) is 5.56 Å². The molecule has 0 amide bonds. The molecular weight excluding hydrogens is 232 g/mol. The zero-order chi connectivity index (χ0) is 13.0. The Kier molecular flexibility index (Phi) is 3.59. The summed E-state index contributed by atoms with van der Waals surface area (Å²) in [6, 6.07) is 6.46. The molecule has 0 bridgehead atoms. The number of nitrogens with two attached hydrogens (primary N) is 1. The summed E-state index contributed by atoms with van der Waals surface area (Å²) in [5.74, 6) is -1.00. The fourth-order valence-corrected chi connectivity index (χ4v) is 1.53. The van der Waals surface area contributed by atoms with Crippen molar-refractivity contribution in [1.29, 1.82) is 0 Å². The number of hydrogen-bond acceptors (Lipinski definition) is 5. The smallest absolute Gasteiger partial charge is 0.320 e. The molecule has 0 fully saturated rings. The number of benzene rings is 1. The minimum absolute atomic E-state index is 0.300. The largest absolute Gasteiger partial charge is 0.480 e. The number of nitrogens with zero attached hydrogens (tertiary/aromatic N) is 3. The van der Waals surface area contributed by atoms with Crippen molar-refractivity contribution in [3.05, 3.63) is 42.4 Å². The minimum atomic E-state index is -1.00. The van der Waals surface area contributed by atoms with Crippen LogP contribution in [0.1, 0.15) is 5.56 Å². The van der Waals surface area contributed by atoms with Gasteiger partial charge in [-0.15, -0.1) is 10.2 Å². The topological polar surface area (TPSA) is 102 Å². The maximum Gasteiger partial charge on any atom is 0.320 e. The maximum atomic E-state index is 10.6. The summed E-state index contributed by atoms with van der Waals surface area (Å²) in [7, 11) is 0. The van der Waals surface area contributed by atoms with Crippen molar-refractivity contribution in [3.63, 3.8) is 0 Å². The van der Waals surface area contributed by atoms with Gasteiger partial charge < -0.3 is 10.8 Å². The van der Waals surface area contributed by atoms with Crippen LogP contribution < -0.4 is 5.73 Å². The number of carboxylic acid groups (broad SMARTS) is 1. The highest BCUT2D eigenvalue weighted by Gasteiger charge is 2.11. The van der Waals surface area contributed by atoms with E-state index in [-0.39, 0.29) is 0 Å². The normalized spacial score (nSPS) is 12.1. The lowest BCUT2D eigenvalue weighted by atomic mass is 10.0. The Morgan fingerprint density at radius 3 is 2.61 bits per heavy atom. The third-order valence-corrected chi connectivity index (χ3v) is 2.50. The van der Waals surface area contributed by atoms with Crippen molar-refractivity contribution in [1.82, 2.24) is 15.2 Å². The lowest BCUT2D eigenvalue weighted by Gasteiger charge is -2.06. The molecule has 1 aromatic carbocycles. The highest BCUT2D eigenvalue weighted by atomic mass is 16.4. The second-order valence-corrected chi connectivity index (χ2v) is 3.84. The Hall–Kier alpha value is -2.34. The summed E-state index contributed by atoms with van der Waals surface area (Å²) >= 11 is 0. The van der Waals surface area contributed by atoms with E-state index < -0.39 is 12.0 Å². The standard InChI is InChI=1S/C12H12N4O2/c13-10(12(17)18)5-8-1-3-9(4-2-8)11-6-14-7-15-16-11/h1-4,6-7,10H,5,13H2,(H,17,18). The van der Waals surface area contributed by atoms with Gasteiger partial charge in [-0.05, 0) is 12.0 Å². The first kappa shape index (κ1) is 12.1. The molecule has 0 saturated heterocycles. The van der Waals surface area contributed by atoms with Crippen LogP contribution in [0.3, 0.4) is 0 Å². The molecule has 1 unspecified atom stereocenters. The molecule has 0 aliphatic rings. The summed E-state index contributed by atoms with van der Waals surface area (Å²) in [4.78, 5) is 14.5. The van der Waals surface area contributed by atoms with E-state index >= 15 is 0 Å². The average molecular weight is 244 g/mol. The first-order valence-corrected chi connectivity index (χ1v) is 5.37. The first-order valence-electron chi connectivity index (χ1n) is 5.37. The van der Waals surface area contributed by atoms with Crippen molar-refractivity contribution in [2.45, 2.75) is 12.5 Å². The van der Waals surface area contributed by atoms with Crippen molar-refractivity contribution >= 4 is 5.97 Å². The van der Waals surface area contributed by atoms with Crippen molar-refractivity contribution in [2.75, 3.05) is 0 Å². The number of aliphatic carboxylic acids is 1. The van der Waals surface area contributed by atoms with Gasteiger partial charge in [0.2, 0.25) is 0 Å². The van der Waals surface area contributed by atoms with Crippen LogP contribution >= 0.6 is 0 Å². The number of rotatable bonds is 4. The van der Waals surface area contributed by atoms with E-state index in [0.29, 0.717) is 12.1 Å². The van der Waals surface area contributed by atoms with Gasteiger partial charge in [-0.1, -0.05) is 24.3 Å². The van der Waals surface area contributed by atoms with Gasteiger partial charge in [0.1, 0.15) is 18.1 Å². The SMILES string of the molecule is NC(Cc1ccc(-c2cncnn2)cc1)C(=O)O. The minimum Gasteiger partial charge on any atom is -0.480 e. The monoisotopic (exact) mass is 244 g/mol. The lowest BCUT2D eigenvalue weighted by Crippen LogP contribution is -2.32. The molecule has 2 rings (SSSR count). The molecule has 6 heteroatoms. The van der Waals surface area contributed by atoms with Gasteiger partial charge in [0.25, 0.3) is 0 Å². The molecule has 1 heterocycles. The summed E-state index contributed by atoms with van der Waals surface area (Å²) in [5, 5.41) is 16.4. The van der Waals surface area contributed by atoms with Crippen LogP contribution in [-0.2, 0) is 11.2 Å². The van der Waals surface area contributed by atoms with Crippen molar-refractivity contribution in [2.24, 2.45) is 5.73 Å². The van der Waals surface area contributed by atoms with Gasteiger partial charge in [0.15, 0.2) is 0 Å². The average Bonchev–Trinajstić information content (AvgIpc) is 2.40. The van der Waals surface area contributed by atoms with Crippen LogP contribution in [0.2, 0.25) is 0 Å². The van der Waals surface area contributed by atoms with Gasteiger partial charge in [0.05, 0.1) is 6.20 Å². The second-order valence-electron chi connectivity index (χ2n) is 3.84. The Morgan fingerprint density at radius 1 is 1.33 bits per heavy atom. The molecule has 1 atom stereocenters. The molecule has 0 saturated carbocycles. The predicted octanol–water partition coefficient (Wildman–Crippen LogP) is 0.493. The van der Waals surface area contributed by atoms with Crippen LogP contribution in [0.4, 0.5) is 0 Å². The second kappa shape index (κ2) is 5.33. The summed E-state index contributed by atoms with van der Waals surface area (Å²) in [5.41, 5.74) is 7.88. The molecule has 6 nitrogen and oxygen atoms in total. The molecule has 18 heavy (non-hydrogen) atoms. The van der Waals surface area contributed by atoms with Crippen LogP contribution in [-0.4, -0.2) is 32.3 Å². The van der Waals surface area contributed by atoms with Crippen LogP contribution in [0, 0.1) is 0 Å². The fraction of sp³-hybridized carbons (Fsp3) is 0.167. The molecule has 0 aliphatic heterocycles. The molecule has 92 valence electrons. The first-order chi connectivity index (χ1) is 8.66. The maximum absolute atomic E-state index is 10.6. The van der Waals surface area contributed by atoms with E-state index in [4.69, 9.17) is 10.8 Å². The van der Waals surface area contributed by atoms with Gasteiger partial charge in [-0.25, -0.2) is 4.98 Å². The molecule has 2 aromatic rings. The highest BCUT2D eigenvalue weighted by molar-refractivity contribution is 5.73. The lowest BCUT2D eigenvalue weighted by molar-refractivity contribution is -0.138. The van der Waals surface area contributed by atoms with E-state index in [2.05, 4.69) is 15.2 Å². The summed E-state index contributed by atoms with van der Waals surface area (Å²) in [6.45, 7) is 0. The van der Waals surface area contributed by atoms with E-state index in [1.807, 2.05) is 24.3 Å². The molecule has 0 radical (unpaired) electrons. The van der Waals surface area contributed by atoms with Gasteiger partial charge in [-0.2, -0.15) is 0 Å². The Labute approximate surface area is 104 Å². The van der Waals surface area contributed by atoms with E-state index in [1.54, 1.807) is 6.20 Å². The number of carbonyl (C=O) groups is 1. The number of carboxylic acids is 1. The molecule has 1 aromatic heterocycles. The van der Waals surface area contributed by atoms with E-state index in [0.717, 1.165) is 11.1 Å². The molecular formula is C12H12N4O2. The predicted molar refractivity (Wildman–Crippen MR) is 64.6 cm³/mol. The summed E-state index contributed by atoms with van der Waals surface area (Å²) < 4.78 is 0. The Bertz CT molecular complexity index is 528. The molecule has 0 spiro atoms.